The van der Waals surface area contributed by atoms with E-state index in [9.17, 15) is 23.1 Å². The van der Waals surface area contributed by atoms with Gasteiger partial charge in [0.15, 0.2) is 0 Å². The van der Waals surface area contributed by atoms with Gasteiger partial charge in [-0.25, -0.2) is 9.78 Å². The number of aromatic nitrogens is 1. The molecule has 144 valence electrons. The van der Waals surface area contributed by atoms with Crippen LogP contribution in [0.15, 0.2) is 42.6 Å². The Morgan fingerprint density at radius 2 is 1.96 bits per heavy atom. The highest BCUT2D eigenvalue weighted by Crippen LogP contribution is 2.36. The molecule has 2 aromatic rings. The molecule has 0 aliphatic carbocycles. The molecule has 1 N–H and O–H groups in total. The number of halogens is 3. The van der Waals surface area contributed by atoms with Gasteiger partial charge in [-0.1, -0.05) is 12.1 Å². The van der Waals surface area contributed by atoms with E-state index >= 15 is 0 Å². The average Bonchev–Trinajstić information content (AvgIpc) is 3.11. The monoisotopic (exact) mass is 380 g/mol. The van der Waals surface area contributed by atoms with Crippen molar-refractivity contribution in [1.29, 1.82) is 0 Å². The van der Waals surface area contributed by atoms with Gasteiger partial charge in [0.25, 0.3) is 0 Å². The number of methoxy groups -OCH3 is 1. The second-order valence-electron chi connectivity index (χ2n) is 6.44. The lowest BCUT2D eigenvalue weighted by Gasteiger charge is -2.24. The summed E-state index contributed by atoms with van der Waals surface area (Å²) in [6, 6.07) is 8.19. The molecule has 1 aromatic heterocycles. The Morgan fingerprint density at radius 1 is 1.26 bits per heavy atom. The van der Waals surface area contributed by atoms with Gasteiger partial charge in [0.05, 0.1) is 30.9 Å². The van der Waals surface area contributed by atoms with Gasteiger partial charge in [0.2, 0.25) is 0 Å². The molecule has 0 saturated carbocycles. The number of nitrogens with zero attached hydrogens (tertiary/aromatic N) is 2. The van der Waals surface area contributed by atoms with Crippen molar-refractivity contribution in [2.45, 2.75) is 24.6 Å². The molecule has 27 heavy (non-hydrogen) atoms. The van der Waals surface area contributed by atoms with Crippen LogP contribution in [0, 0.1) is 0 Å². The Morgan fingerprint density at radius 3 is 2.48 bits per heavy atom. The van der Waals surface area contributed by atoms with Gasteiger partial charge in [-0.2, -0.15) is 13.2 Å². The first-order valence-corrected chi connectivity index (χ1v) is 8.42. The van der Waals surface area contributed by atoms with Crippen LogP contribution in [-0.2, 0) is 10.9 Å². The summed E-state index contributed by atoms with van der Waals surface area (Å²) >= 11 is 0. The lowest BCUT2D eigenvalue weighted by molar-refractivity contribution is -0.137. The van der Waals surface area contributed by atoms with Crippen molar-refractivity contribution < 1.29 is 27.8 Å². The Hall–Kier alpha value is -2.61. The van der Waals surface area contributed by atoms with Crippen LogP contribution in [0.3, 0.4) is 0 Å². The number of pyridine rings is 1. The summed E-state index contributed by atoms with van der Waals surface area (Å²) in [5.41, 5.74) is 0.426. The molecule has 1 unspecified atom stereocenters. The number of ether oxygens (including phenoxy) is 1. The third-order valence-electron chi connectivity index (χ3n) is 4.80. The van der Waals surface area contributed by atoms with Crippen LogP contribution in [0.5, 0.6) is 0 Å². The Kier molecular flexibility index (Phi) is 5.36. The second kappa shape index (κ2) is 7.56. The van der Waals surface area contributed by atoms with Crippen LogP contribution in [0.2, 0.25) is 0 Å². The Bertz CT molecular complexity index is 791. The number of esters is 1. The van der Waals surface area contributed by atoms with Gasteiger partial charge < -0.3 is 14.7 Å². The molecule has 2 heterocycles. The number of carbonyl (C=O) groups is 1. The maximum absolute atomic E-state index is 12.7. The van der Waals surface area contributed by atoms with Gasteiger partial charge in [0, 0.05) is 18.7 Å². The summed E-state index contributed by atoms with van der Waals surface area (Å²) in [4.78, 5) is 17.7. The van der Waals surface area contributed by atoms with E-state index in [0.717, 1.165) is 17.7 Å². The summed E-state index contributed by atoms with van der Waals surface area (Å²) in [6.45, 7) is 0.415. The van der Waals surface area contributed by atoms with Crippen molar-refractivity contribution in [3.05, 3.63) is 59.3 Å². The number of hydrogen-bond donors (Lipinski definition) is 1. The van der Waals surface area contributed by atoms with Crippen LogP contribution in [0.4, 0.5) is 19.0 Å². The Labute approximate surface area is 154 Å². The quantitative estimate of drug-likeness (QED) is 0.825. The first-order chi connectivity index (χ1) is 12.8. The van der Waals surface area contributed by atoms with Crippen LogP contribution in [-0.4, -0.2) is 42.4 Å². The summed E-state index contributed by atoms with van der Waals surface area (Å²) in [7, 11) is 1.28. The maximum Gasteiger partial charge on any atom is 0.416 e. The number of benzene rings is 1. The molecule has 8 heteroatoms. The summed E-state index contributed by atoms with van der Waals surface area (Å²) in [5.74, 6) is 0.0828. The van der Waals surface area contributed by atoms with Crippen molar-refractivity contribution in [1.82, 2.24) is 4.98 Å². The molecule has 5 nitrogen and oxygen atoms in total. The molecule has 1 aliphatic rings. The number of carbonyl (C=O) groups excluding carboxylic acids is 1. The summed E-state index contributed by atoms with van der Waals surface area (Å²) < 4.78 is 42.8. The zero-order valence-corrected chi connectivity index (χ0v) is 14.6. The van der Waals surface area contributed by atoms with E-state index in [0.29, 0.717) is 24.3 Å². The van der Waals surface area contributed by atoms with E-state index in [2.05, 4.69) is 9.72 Å². The Balaban J connectivity index is 1.78. The SMILES string of the molecule is COC(=O)c1ccc(N2CC(c3ccc(C(F)(F)F)cc3)C[C@H]2CO)nc1. The van der Waals surface area contributed by atoms with Gasteiger partial charge in [-0.05, 0) is 36.2 Å². The molecule has 0 bridgehead atoms. The number of aliphatic hydroxyl groups excluding tert-OH is 1. The van der Waals surface area contributed by atoms with Crippen molar-refractivity contribution >= 4 is 11.8 Å². The van der Waals surface area contributed by atoms with Crippen molar-refractivity contribution in [3.63, 3.8) is 0 Å². The molecular weight excluding hydrogens is 361 g/mol. The van der Waals surface area contributed by atoms with E-state index in [-0.39, 0.29) is 18.6 Å². The van der Waals surface area contributed by atoms with E-state index in [1.165, 1.54) is 25.4 Å². The van der Waals surface area contributed by atoms with Crippen molar-refractivity contribution in [3.8, 4) is 0 Å². The van der Waals surface area contributed by atoms with E-state index in [1.54, 1.807) is 12.1 Å². The molecule has 0 radical (unpaired) electrons. The molecular formula is C19H19F3N2O3. The van der Waals surface area contributed by atoms with E-state index < -0.39 is 17.7 Å². The maximum atomic E-state index is 12.7. The smallest absolute Gasteiger partial charge is 0.416 e. The highest BCUT2D eigenvalue weighted by molar-refractivity contribution is 5.89. The van der Waals surface area contributed by atoms with Crippen LogP contribution in [0.25, 0.3) is 0 Å². The van der Waals surface area contributed by atoms with Crippen LogP contribution < -0.4 is 4.90 Å². The molecule has 1 fully saturated rings. The van der Waals surface area contributed by atoms with Gasteiger partial charge in [-0.15, -0.1) is 0 Å². The number of hydrogen-bond acceptors (Lipinski definition) is 5. The zero-order valence-electron chi connectivity index (χ0n) is 14.6. The fourth-order valence-corrected chi connectivity index (χ4v) is 3.35. The average molecular weight is 380 g/mol. The predicted octanol–water partition coefficient (Wildman–Crippen LogP) is 3.24. The highest BCUT2D eigenvalue weighted by Gasteiger charge is 2.34. The molecule has 1 aliphatic heterocycles. The predicted molar refractivity (Wildman–Crippen MR) is 92.6 cm³/mol. The van der Waals surface area contributed by atoms with Crippen LogP contribution in [0.1, 0.15) is 33.8 Å². The second-order valence-corrected chi connectivity index (χ2v) is 6.44. The van der Waals surface area contributed by atoms with Gasteiger partial charge in [0.1, 0.15) is 5.82 Å². The van der Waals surface area contributed by atoms with E-state index in [4.69, 9.17) is 0 Å². The number of anilines is 1. The minimum Gasteiger partial charge on any atom is -0.465 e. The molecule has 2 atom stereocenters. The summed E-state index contributed by atoms with van der Waals surface area (Å²) in [6.07, 6.45) is -2.36. The fourth-order valence-electron chi connectivity index (χ4n) is 3.35. The minimum absolute atomic E-state index is 0.0217. The molecule has 1 saturated heterocycles. The van der Waals surface area contributed by atoms with Gasteiger partial charge in [-0.3, -0.25) is 0 Å². The molecule has 1 aromatic carbocycles. The third kappa shape index (κ3) is 4.05. The molecule has 0 spiro atoms. The first kappa shape index (κ1) is 19.2. The largest absolute Gasteiger partial charge is 0.465 e. The third-order valence-corrected chi connectivity index (χ3v) is 4.80. The zero-order chi connectivity index (χ0) is 19.6. The number of rotatable bonds is 4. The van der Waals surface area contributed by atoms with Crippen LogP contribution >= 0.6 is 0 Å². The fraction of sp³-hybridized carbons (Fsp3) is 0.368. The lowest BCUT2D eigenvalue weighted by Crippen LogP contribution is -2.32. The standard InChI is InChI=1S/C19H19F3N2O3/c1-27-18(26)13-4-7-17(23-9-13)24-10-14(8-16(24)11-25)12-2-5-15(6-3-12)19(20,21)22/h2-7,9,14,16,25H,8,10-11H2,1H3/t14?,16-/m0/s1. The van der Waals surface area contributed by atoms with Gasteiger partial charge >= 0.3 is 12.1 Å². The normalized spacial score (nSPS) is 20.0. The summed E-state index contributed by atoms with van der Waals surface area (Å²) in [5, 5.41) is 9.70. The lowest BCUT2D eigenvalue weighted by atomic mass is 9.95. The van der Waals surface area contributed by atoms with Crippen molar-refractivity contribution in [2.75, 3.05) is 25.2 Å². The molecule has 0 amide bonds. The first-order valence-electron chi connectivity index (χ1n) is 8.42. The number of aliphatic hydroxyl groups is 1. The molecule has 3 rings (SSSR count). The number of alkyl halides is 3. The minimum atomic E-state index is -4.36. The van der Waals surface area contributed by atoms with Crippen molar-refractivity contribution in [2.24, 2.45) is 0 Å². The highest BCUT2D eigenvalue weighted by atomic mass is 19.4. The topological polar surface area (TPSA) is 62.7 Å². The van der Waals surface area contributed by atoms with E-state index in [1.807, 2.05) is 4.90 Å².